The molecule has 2 atom stereocenters. The third-order valence-electron chi connectivity index (χ3n) is 12.6. The third kappa shape index (κ3) is 6.98. The predicted molar refractivity (Wildman–Crippen MR) is 212 cm³/mol. The Bertz CT molecular complexity index is 2200. The van der Waals surface area contributed by atoms with Crippen molar-refractivity contribution >= 4 is 58.4 Å². The van der Waals surface area contributed by atoms with Gasteiger partial charge in [0.15, 0.2) is 11.5 Å². The van der Waals surface area contributed by atoms with Crippen molar-refractivity contribution in [1.29, 1.82) is 0 Å². The predicted octanol–water partition coefficient (Wildman–Crippen LogP) is 1.59. The summed E-state index contributed by atoms with van der Waals surface area (Å²) in [7, 11) is 1.84. The van der Waals surface area contributed by atoms with Gasteiger partial charge in [0.25, 0.3) is 17.7 Å². The number of fused-ring (bicyclic) bond motifs is 2. The van der Waals surface area contributed by atoms with Crippen LogP contribution in [0.15, 0.2) is 36.5 Å². The number of carbonyl (C=O) groups is 6. The van der Waals surface area contributed by atoms with Gasteiger partial charge in [0, 0.05) is 84.1 Å². The lowest BCUT2D eigenvalue weighted by Crippen LogP contribution is -2.54. The van der Waals surface area contributed by atoms with Crippen molar-refractivity contribution in [2.45, 2.75) is 63.7 Å². The molecule has 0 saturated carbocycles. The number of imide groups is 2. The molecule has 9 rings (SSSR count). The molecule has 18 nitrogen and oxygen atoms in total. The number of benzene rings is 1. The number of hydrogen-bond donors (Lipinski definition) is 3. The SMILES string of the molecule is CN1CCN([C@@H]2CCCN(c3cnc(C(N)=O)c(Nc4cc5n(n4)CCN(CC4CCN(c6ccc7c(c6)C(=O)N([C@@H]6CCC(=O)NC6=O)C7=O)CC4)C5)c3)C2)C1=O. The van der Waals surface area contributed by atoms with E-state index in [0.717, 1.165) is 107 Å². The van der Waals surface area contributed by atoms with Crippen LogP contribution in [0.2, 0.25) is 0 Å². The van der Waals surface area contributed by atoms with Crippen LogP contribution in [-0.4, -0.2) is 141 Å². The van der Waals surface area contributed by atoms with Gasteiger partial charge in [-0.1, -0.05) is 0 Å². The normalized spacial score (nSPS) is 23.1. The largest absolute Gasteiger partial charge is 0.371 e. The van der Waals surface area contributed by atoms with Crippen LogP contribution >= 0.6 is 0 Å². The zero-order valence-electron chi connectivity index (χ0n) is 32.6. The van der Waals surface area contributed by atoms with E-state index in [1.807, 2.05) is 34.8 Å². The lowest BCUT2D eigenvalue weighted by atomic mass is 9.95. The molecule has 4 saturated heterocycles. The molecule has 7 amide bonds. The van der Waals surface area contributed by atoms with E-state index in [2.05, 4.69) is 30.3 Å². The molecule has 8 heterocycles. The number of primary amides is 1. The number of anilines is 4. The molecule has 18 heteroatoms. The van der Waals surface area contributed by atoms with Crippen molar-refractivity contribution in [3.8, 4) is 0 Å². The Morgan fingerprint density at radius 2 is 1.69 bits per heavy atom. The van der Waals surface area contributed by atoms with Crippen molar-refractivity contribution in [2.75, 3.05) is 74.5 Å². The minimum absolute atomic E-state index is 0.0684. The van der Waals surface area contributed by atoms with E-state index in [1.54, 1.807) is 23.2 Å². The highest BCUT2D eigenvalue weighted by atomic mass is 16.2. The minimum Gasteiger partial charge on any atom is -0.371 e. The zero-order valence-corrected chi connectivity index (χ0v) is 32.6. The quantitative estimate of drug-likeness (QED) is 0.265. The number of nitrogens with zero attached hydrogens (tertiary/aromatic N) is 9. The Balaban J connectivity index is 0.804. The average molecular weight is 793 g/mol. The molecule has 1 aromatic carbocycles. The van der Waals surface area contributed by atoms with Crippen LogP contribution in [0.25, 0.3) is 0 Å². The number of piperidine rings is 3. The summed E-state index contributed by atoms with van der Waals surface area (Å²) in [6.45, 7) is 7.85. The van der Waals surface area contributed by atoms with E-state index < -0.39 is 35.6 Å². The van der Waals surface area contributed by atoms with E-state index in [4.69, 9.17) is 10.8 Å². The van der Waals surface area contributed by atoms with E-state index in [9.17, 15) is 28.8 Å². The summed E-state index contributed by atoms with van der Waals surface area (Å²) in [4.78, 5) is 91.9. The van der Waals surface area contributed by atoms with Gasteiger partial charge in [-0.2, -0.15) is 5.10 Å². The Morgan fingerprint density at radius 3 is 2.45 bits per heavy atom. The minimum atomic E-state index is -0.985. The Kier molecular flexibility index (Phi) is 9.73. The van der Waals surface area contributed by atoms with Gasteiger partial charge in [-0.15, -0.1) is 0 Å². The van der Waals surface area contributed by atoms with Gasteiger partial charge < -0.3 is 30.7 Å². The van der Waals surface area contributed by atoms with Crippen LogP contribution in [0.3, 0.4) is 0 Å². The molecule has 0 unspecified atom stereocenters. The second kappa shape index (κ2) is 15.0. The summed E-state index contributed by atoms with van der Waals surface area (Å²) in [6, 6.07) is 8.42. The summed E-state index contributed by atoms with van der Waals surface area (Å²) in [6.07, 6.45) is 5.72. The maximum Gasteiger partial charge on any atom is 0.320 e. The molecule has 6 aliphatic rings. The first-order valence-corrected chi connectivity index (χ1v) is 20.2. The average Bonchev–Trinajstić information content (AvgIpc) is 3.86. The van der Waals surface area contributed by atoms with E-state index in [1.165, 1.54) is 0 Å². The number of pyridine rings is 1. The highest BCUT2D eigenvalue weighted by molar-refractivity contribution is 6.23. The standard InChI is InChI=1S/C40H48N12O6/c1-46-13-15-50(40(46)58)26-3-2-10-49(23-26)27-18-31(35(36(41)54)42-20-27)43-33-19-28-22-47(14-16-51(28)45-33)21-24-8-11-48(12-9-24)25-4-5-29-30(17-25)39(57)52(38(29)56)32-6-7-34(53)44-37(32)55/h4-5,17-20,24,26,32H,2-3,6-16,21-23H2,1H3,(H2,41,54)(H,43,45)(H,44,53,55)/t26-,32-/m1/s1. The third-order valence-corrected chi connectivity index (χ3v) is 12.6. The summed E-state index contributed by atoms with van der Waals surface area (Å²) in [5.74, 6) is -1.55. The molecular weight excluding hydrogens is 745 g/mol. The molecule has 304 valence electrons. The number of hydrogen-bond acceptors (Lipinski definition) is 12. The highest BCUT2D eigenvalue weighted by Crippen LogP contribution is 2.34. The van der Waals surface area contributed by atoms with Crippen LogP contribution < -0.4 is 26.2 Å². The number of nitrogens with one attached hydrogen (secondary N) is 2. The molecule has 58 heavy (non-hydrogen) atoms. The van der Waals surface area contributed by atoms with Gasteiger partial charge in [-0.3, -0.25) is 43.8 Å². The molecule has 4 N–H and O–H groups in total. The van der Waals surface area contributed by atoms with Gasteiger partial charge in [0.2, 0.25) is 11.8 Å². The molecule has 0 radical (unpaired) electrons. The topological polar surface area (TPSA) is 203 Å². The lowest BCUT2D eigenvalue weighted by Gasteiger charge is -2.38. The summed E-state index contributed by atoms with van der Waals surface area (Å²) < 4.78 is 2.00. The van der Waals surface area contributed by atoms with Crippen molar-refractivity contribution in [3.63, 3.8) is 0 Å². The molecule has 2 aromatic heterocycles. The number of nitrogens with two attached hydrogens (primary N) is 1. The lowest BCUT2D eigenvalue weighted by molar-refractivity contribution is -0.136. The van der Waals surface area contributed by atoms with Crippen LogP contribution in [0, 0.1) is 5.92 Å². The molecule has 4 fully saturated rings. The Hall–Kier alpha value is -6.04. The molecule has 0 aliphatic carbocycles. The number of rotatable bonds is 9. The zero-order chi connectivity index (χ0) is 40.2. The highest BCUT2D eigenvalue weighted by Gasteiger charge is 2.45. The summed E-state index contributed by atoms with van der Waals surface area (Å²) >= 11 is 0. The van der Waals surface area contributed by atoms with Crippen LogP contribution in [0.4, 0.5) is 27.7 Å². The molecule has 6 aliphatic heterocycles. The first-order valence-electron chi connectivity index (χ1n) is 20.2. The Morgan fingerprint density at radius 1 is 0.879 bits per heavy atom. The van der Waals surface area contributed by atoms with Crippen LogP contribution in [0.1, 0.15) is 75.4 Å². The van der Waals surface area contributed by atoms with Crippen LogP contribution in [-0.2, 0) is 22.7 Å². The number of likely N-dealkylation sites (N-methyl/N-ethyl adjacent to an activating group) is 1. The molecule has 0 bridgehead atoms. The number of aromatic nitrogens is 3. The monoisotopic (exact) mass is 792 g/mol. The first kappa shape index (κ1) is 37.5. The van der Waals surface area contributed by atoms with E-state index in [-0.39, 0.29) is 36.2 Å². The number of amides is 7. The van der Waals surface area contributed by atoms with Gasteiger partial charge in [0.1, 0.15) is 6.04 Å². The van der Waals surface area contributed by atoms with Crippen molar-refractivity contribution in [3.05, 3.63) is 59.0 Å². The maximum absolute atomic E-state index is 13.4. The van der Waals surface area contributed by atoms with Gasteiger partial charge >= 0.3 is 6.03 Å². The number of carbonyl (C=O) groups excluding carboxylic acids is 6. The fourth-order valence-corrected chi connectivity index (χ4v) is 9.44. The van der Waals surface area contributed by atoms with Crippen molar-refractivity contribution < 1.29 is 28.8 Å². The number of urea groups is 1. The maximum atomic E-state index is 13.4. The van der Waals surface area contributed by atoms with Crippen molar-refractivity contribution in [1.82, 2.24) is 39.7 Å². The second-order valence-electron chi connectivity index (χ2n) is 16.3. The van der Waals surface area contributed by atoms with Crippen LogP contribution in [0.5, 0.6) is 0 Å². The summed E-state index contributed by atoms with van der Waals surface area (Å²) in [5.41, 5.74) is 9.77. The molecular formula is C40H48N12O6. The molecule has 0 spiro atoms. The van der Waals surface area contributed by atoms with Gasteiger partial charge in [-0.05, 0) is 62.3 Å². The van der Waals surface area contributed by atoms with Gasteiger partial charge in [0.05, 0.1) is 47.0 Å². The van der Waals surface area contributed by atoms with Gasteiger partial charge in [-0.25, -0.2) is 9.78 Å². The van der Waals surface area contributed by atoms with Crippen molar-refractivity contribution in [2.24, 2.45) is 11.7 Å². The van der Waals surface area contributed by atoms with E-state index >= 15 is 0 Å². The van der Waals surface area contributed by atoms with E-state index in [0.29, 0.717) is 29.5 Å². The smallest absolute Gasteiger partial charge is 0.320 e. The summed E-state index contributed by atoms with van der Waals surface area (Å²) in [5, 5.41) is 10.4. The Labute approximate surface area is 335 Å². The first-order chi connectivity index (χ1) is 28.0. The fourth-order valence-electron chi connectivity index (χ4n) is 9.44. The molecule has 3 aromatic rings. The fraction of sp³-hybridized carbons (Fsp3) is 0.500. The second-order valence-corrected chi connectivity index (χ2v) is 16.3.